The van der Waals surface area contributed by atoms with Crippen LogP contribution < -0.4 is 4.72 Å². The summed E-state index contributed by atoms with van der Waals surface area (Å²) in [6.07, 6.45) is 0. The Hall–Kier alpha value is -2.42. The van der Waals surface area contributed by atoms with E-state index in [0.29, 0.717) is 5.69 Å². The van der Waals surface area contributed by atoms with Crippen molar-refractivity contribution in [3.63, 3.8) is 0 Å². The molecule has 0 fully saturated rings. The van der Waals surface area contributed by atoms with Gasteiger partial charge in [0.1, 0.15) is 5.82 Å². The predicted octanol–water partition coefficient (Wildman–Crippen LogP) is 1.66. The molecule has 112 valence electrons. The Bertz CT molecular complexity index is 814. The number of aromatic nitrogens is 2. The van der Waals surface area contributed by atoms with Crippen molar-refractivity contribution in [1.82, 2.24) is 10.2 Å². The van der Waals surface area contributed by atoms with Crippen LogP contribution in [0.5, 0.6) is 0 Å². The van der Waals surface area contributed by atoms with E-state index >= 15 is 0 Å². The summed E-state index contributed by atoms with van der Waals surface area (Å²) in [4.78, 5) is 10.5. The second-order valence-electron chi connectivity index (χ2n) is 4.43. The highest BCUT2D eigenvalue weighted by Gasteiger charge is 2.22. The predicted molar refractivity (Wildman–Crippen MR) is 72.2 cm³/mol. The Morgan fingerprint density at radius 1 is 1.33 bits per heavy atom. The molecule has 0 atom stereocenters. The van der Waals surface area contributed by atoms with E-state index in [0.717, 1.165) is 12.1 Å². The summed E-state index contributed by atoms with van der Waals surface area (Å²) in [6.45, 7) is 2.94. The van der Waals surface area contributed by atoms with Crippen LogP contribution in [0.15, 0.2) is 23.1 Å². The van der Waals surface area contributed by atoms with Gasteiger partial charge in [-0.3, -0.25) is 9.82 Å². The molecule has 0 aliphatic rings. The van der Waals surface area contributed by atoms with Gasteiger partial charge >= 0.3 is 5.97 Å². The molecule has 1 heterocycles. The van der Waals surface area contributed by atoms with Crippen LogP contribution in [0.1, 0.15) is 21.6 Å². The molecule has 0 amide bonds. The Labute approximate surface area is 119 Å². The zero-order chi connectivity index (χ0) is 15.8. The SMILES string of the molecule is Cc1cc(NS(=O)(=O)c2cc(C(=O)O)cc(F)c2C)n[nH]1. The number of anilines is 1. The molecule has 0 radical (unpaired) electrons. The van der Waals surface area contributed by atoms with Gasteiger partial charge in [-0.2, -0.15) is 5.10 Å². The van der Waals surface area contributed by atoms with Gasteiger partial charge in [-0.25, -0.2) is 17.6 Å². The third-order valence-electron chi connectivity index (χ3n) is 2.78. The quantitative estimate of drug-likeness (QED) is 0.794. The number of aromatic carboxylic acids is 1. The van der Waals surface area contributed by atoms with E-state index in [2.05, 4.69) is 14.9 Å². The van der Waals surface area contributed by atoms with Crippen LogP contribution in [-0.4, -0.2) is 29.7 Å². The Kier molecular flexibility index (Phi) is 3.69. The van der Waals surface area contributed by atoms with Crippen molar-refractivity contribution in [3.05, 3.63) is 40.8 Å². The molecule has 1 aromatic heterocycles. The van der Waals surface area contributed by atoms with Crippen LogP contribution in [0.2, 0.25) is 0 Å². The van der Waals surface area contributed by atoms with Gasteiger partial charge in [0, 0.05) is 17.3 Å². The number of aryl methyl sites for hydroxylation is 1. The number of nitrogens with one attached hydrogen (secondary N) is 2. The molecule has 0 unspecified atom stereocenters. The molecule has 2 aromatic rings. The lowest BCUT2D eigenvalue weighted by molar-refractivity contribution is 0.0696. The first-order valence-corrected chi connectivity index (χ1v) is 7.27. The lowest BCUT2D eigenvalue weighted by atomic mass is 10.1. The summed E-state index contributed by atoms with van der Waals surface area (Å²) in [6, 6.07) is 3.13. The monoisotopic (exact) mass is 313 g/mol. The molecule has 0 aliphatic heterocycles. The van der Waals surface area contributed by atoms with Crippen LogP contribution in [0.4, 0.5) is 10.2 Å². The molecule has 3 N–H and O–H groups in total. The molecule has 7 nitrogen and oxygen atoms in total. The Morgan fingerprint density at radius 3 is 2.52 bits per heavy atom. The van der Waals surface area contributed by atoms with Crippen LogP contribution >= 0.6 is 0 Å². The number of carbonyl (C=O) groups is 1. The van der Waals surface area contributed by atoms with E-state index < -0.39 is 32.3 Å². The Balaban J connectivity index is 2.51. The van der Waals surface area contributed by atoms with Crippen molar-refractivity contribution in [2.24, 2.45) is 0 Å². The number of sulfonamides is 1. The number of benzene rings is 1. The molecule has 0 aliphatic carbocycles. The fraction of sp³-hybridized carbons (Fsp3) is 0.167. The van der Waals surface area contributed by atoms with Crippen molar-refractivity contribution < 1.29 is 22.7 Å². The smallest absolute Gasteiger partial charge is 0.335 e. The summed E-state index contributed by atoms with van der Waals surface area (Å²) >= 11 is 0. The third-order valence-corrected chi connectivity index (χ3v) is 4.26. The Morgan fingerprint density at radius 2 is 2.00 bits per heavy atom. The lowest BCUT2D eigenvalue weighted by Crippen LogP contribution is -2.16. The number of carboxylic acids is 1. The van der Waals surface area contributed by atoms with Gasteiger partial charge < -0.3 is 5.11 Å². The summed E-state index contributed by atoms with van der Waals surface area (Å²) in [5.41, 5.74) is 0.0198. The number of rotatable bonds is 4. The maximum atomic E-state index is 13.7. The molecule has 21 heavy (non-hydrogen) atoms. The van der Waals surface area contributed by atoms with Crippen LogP contribution in [0, 0.1) is 19.7 Å². The highest BCUT2D eigenvalue weighted by atomic mass is 32.2. The zero-order valence-corrected chi connectivity index (χ0v) is 12.0. The number of halogens is 1. The van der Waals surface area contributed by atoms with Crippen molar-refractivity contribution in [3.8, 4) is 0 Å². The molecular formula is C12H12FN3O4S. The van der Waals surface area contributed by atoms with Crippen LogP contribution in [-0.2, 0) is 10.0 Å². The molecule has 0 spiro atoms. The molecule has 9 heteroatoms. The number of H-pyrrole nitrogens is 1. The largest absolute Gasteiger partial charge is 0.478 e. The number of nitrogens with zero attached hydrogens (tertiary/aromatic N) is 1. The summed E-state index contributed by atoms with van der Waals surface area (Å²) in [7, 11) is -4.15. The van der Waals surface area contributed by atoms with Crippen molar-refractivity contribution in [2.45, 2.75) is 18.7 Å². The highest BCUT2D eigenvalue weighted by molar-refractivity contribution is 7.92. The first-order valence-electron chi connectivity index (χ1n) is 5.79. The maximum absolute atomic E-state index is 13.7. The summed E-state index contributed by atoms with van der Waals surface area (Å²) in [5.74, 6) is -2.29. The summed E-state index contributed by atoms with van der Waals surface area (Å²) in [5, 5.41) is 15.1. The normalized spacial score (nSPS) is 11.4. The molecule has 2 rings (SSSR count). The number of hydrogen-bond acceptors (Lipinski definition) is 4. The molecule has 0 saturated heterocycles. The van der Waals surface area contributed by atoms with Gasteiger partial charge in [0.05, 0.1) is 10.5 Å². The zero-order valence-electron chi connectivity index (χ0n) is 11.1. The van der Waals surface area contributed by atoms with Gasteiger partial charge in [0.2, 0.25) is 0 Å². The first kappa shape index (κ1) is 15.0. The van der Waals surface area contributed by atoms with E-state index in [9.17, 15) is 17.6 Å². The minimum Gasteiger partial charge on any atom is -0.478 e. The van der Waals surface area contributed by atoms with Crippen molar-refractivity contribution in [2.75, 3.05) is 4.72 Å². The number of aromatic amines is 1. The van der Waals surface area contributed by atoms with Crippen LogP contribution in [0.25, 0.3) is 0 Å². The average Bonchev–Trinajstić information content (AvgIpc) is 2.76. The first-order chi connectivity index (χ1) is 9.70. The van der Waals surface area contributed by atoms with Gasteiger partial charge in [-0.1, -0.05) is 0 Å². The fourth-order valence-electron chi connectivity index (χ4n) is 1.72. The van der Waals surface area contributed by atoms with E-state index in [1.54, 1.807) is 6.92 Å². The van der Waals surface area contributed by atoms with Crippen molar-refractivity contribution in [1.29, 1.82) is 0 Å². The van der Waals surface area contributed by atoms with Gasteiger partial charge in [0.15, 0.2) is 5.82 Å². The fourth-order valence-corrected chi connectivity index (χ4v) is 2.99. The minimum absolute atomic E-state index is 0.0352. The molecule has 0 saturated carbocycles. The van der Waals surface area contributed by atoms with Crippen LogP contribution in [0.3, 0.4) is 0 Å². The van der Waals surface area contributed by atoms with Crippen molar-refractivity contribution >= 4 is 21.8 Å². The van der Waals surface area contributed by atoms with Gasteiger partial charge in [-0.05, 0) is 26.0 Å². The van der Waals surface area contributed by atoms with E-state index in [1.807, 2.05) is 0 Å². The van der Waals surface area contributed by atoms with Gasteiger partial charge in [-0.15, -0.1) is 0 Å². The standard InChI is InChI=1S/C12H12FN3O4S/c1-6-3-11(15-14-6)16-21(19,20)10-5-8(12(17)18)4-9(13)7(10)2/h3-5H,1-2H3,(H,17,18)(H2,14,15,16). The average molecular weight is 313 g/mol. The molecule has 0 bridgehead atoms. The maximum Gasteiger partial charge on any atom is 0.335 e. The second-order valence-corrected chi connectivity index (χ2v) is 6.08. The number of hydrogen-bond donors (Lipinski definition) is 3. The summed E-state index contributed by atoms with van der Waals surface area (Å²) < 4.78 is 40.3. The topological polar surface area (TPSA) is 112 Å². The minimum atomic E-state index is -4.15. The van der Waals surface area contributed by atoms with Gasteiger partial charge in [0.25, 0.3) is 10.0 Å². The number of carboxylic acid groups (broad SMARTS) is 1. The highest BCUT2D eigenvalue weighted by Crippen LogP contribution is 2.23. The second kappa shape index (κ2) is 5.17. The van der Waals surface area contributed by atoms with E-state index in [4.69, 9.17) is 5.11 Å². The third kappa shape index (κ3) is 3.02. The molecule has 1 aromatic carbocycles. The molecular weight excluding hydrogens is 301 g/mol. The lowest BCUT2D eigenvalue weighted by Gasteiger charge is -2.10. The van der Waals surface area contributed by atoms with E-state index in [1.165, 1.54) is 13.0 Å². The van der Waals surface area contributed by atoms with E-state index in [-0.39, 0.29) is 11.4 Å².